The molecule has 2 aromatic carbocycles. The van der Waals surface area contributed by atoms with E-state index in [9.17, 15) is 9.59 Å². The molecule has 1 fully saturated rings. The van der Waals surface area contributed by atoms with Crippen LogP contribution < -0.4 is 16.0 Å². The maximum Gasteiger partial charge on any atom is 0.282 e. The Hall–Kier alpha value is -2.86. The summed E-state index contributed by atoms with van der Waals surface area (Å²) >= 11 is 0. The largest absolute Gasteiger partial charge is 0.369 e. The number of amides is 2. The molecule has 2 amide bonds. The molecule has 1 aliphatic rings. The van der Waals surface area contributed by atoms with Gasteiger partial charge in [-0.1, -0.05) is 18.2 Å². The molecule has 0 aliphatic carbocycles. The maximum atomic E-state index is 12.9. The number of nitrogens with two attached hydrogens (primary N) is 1. The van der Waals surface area contributed by atoms with Crippen molar-refractivity contribution in [3.63, 3.8) is 0 Å². The molecule has 6 nitrogen and oxygen atoms in total. The smallest absolute Gasteiger partial charge is 0.282 e. The number of piperidine rings is 1. The van der Waals surface area contributed by atoms with Crippen molar-refractivity contribution in [2.45, 2.75) is 39.3 Å². The maximum absolute atomic E-state index is 12.9. The Bertz CT molecular complexity index is 1060. The van der Waals surface area contributed by atoms with Crippen LogP contribution in [0.2, 0.25) is 0 Å². The van der Waals surface area contributed by atoms with Crippen molar-refractivity contribution in [1.82, 2.24) is 4.57 Å². The fourth-order valence-electron chi connectivity index (χ4n) is 4.61. The topological polar surface area (TPSA) is 81.6 Å². The minimum atomic E-state index is -0.222. The van der Waals surface area contributed by atoms with Crippen molar-refractivity contribution in [2.24, 2.45) is 11.7 Å². The number of carbonyl (C=O) groups is 2. The van der Waals surface area contributed by atoms with Crippen LogP contribution in [0.1, 0.15) is 26.7 Å². The first-order valence-corrected chi connectivity index (χ1v) is 10.4. The Kier molecular flexibility index (Phi) is 5.28. The number of benzene rings is 2. The van der Waals surface area contributed by atoms with Gasteiger partial charge in [-0.2, -0.15) is 0 Å². The van der Waals surface area contributed by atoms with Crippen LogP contribution in [0.5, 0.6) is 0 Å². The number of likely N-dealkylation sites (tertiary alicyclic amines) is 1. The van der Waals surface area contributed by atoms with Crippen molar-refractivity contribution in [2.75, 3.05) is 18.4 Å². The van der Waals surface area contributed by atoms with E-state index in [2.05, 4.69) is 47.1 Å². The van der Waals surface area contributed by atoms with Crippen LogP contribution in [-0.4, -0.2) is 35.5 Å². The van der Waals surface area contributed by atoms with Gasteiger partial charge < -0.3 is 20.5 Å². The van der Waals surface area contributed by atoms with E-state index in [0.717, 1.165) is 43.5 Å². The van der Waals surface area contributed by atoms with Gasteiger partial charge in [0.15, 0.2) is 6.04 Å². The first-order chi connectivity index (χ1) is 14.0. The van der Waals surface area contributed by atoms with E-state index in [1.807, 2.05) is 19.1 Å². The number of primary amides is 1. The van der Waals surface area contributed by atoms with Crippen molar-refractivity contribution in [3.05, 3.63) is 42.5 Å². The highest BCUT2D eigenvalue weighted by Crippen LogP contribution is 2.31. The van der Waals surface area contributed by atoms with Crippen LogP contribution in [0.25, 0.3) is 21.8 Å². The Morgan fingerprint density at radius 3 is 2.52 bits per heavy atom. The third kappa shape index (κ3) is 3.60. The summed E-state index contributed by atoms with van der Waals surface area (Å²) in [6, 6.07) is 14.3. The number of carbonyl (C=O) groups excluding carboxylic acids is 2. The van der Waals surface area contributed by atoms with Crippen LogP contribution >= 0.6 is 0 Å². The minimum absolute atomic E-state index is 0.0103. The SMILES string of the molecule is CCn1c2ccccc2c2cc(NC(=O)[C@@H](C)[NH+]3CCC(C(N)=O)CC3)ccc21. The van der Waals surface area contributed by atoms with E-state index in [4.69, 9.17) is 5.73 Å². The van der Waals surface area contributed by atoms with E-state index in [1.165, 1.54) is 21.3 Å². The van der Waals surface area contributed by atoms with Gasteiger partial charge in [0.25, 0.3) is 5.91 Å². The molecule has 1 aromatic heterocycles. The number of anilines is 1. The van der Waals surface area contributed by atoms with Gasteiger partial charge in [-0.25, -0.2) is 0 Å². The zero-order chi connectivity index (χ0) is 20.5. The second-order valence-electron chi connectivity index (χ2n) is 8.04. The Morgan fingerprint density at radius 1 is 1.14 bits per heavy atom. The molecule has 6 heteroatoms. The lowest BCUT2D eigenvalue weighted by atomic mass is 9.95. The second-order valence-corrected chi connectivity index (χ2v) is 8.04. The highest BCUT2D eigenvalue weighted by atomic mass is 16.2. The molecule has 152 valence electrons. The summed E-state index contributed by atoms with van der Waals surface area (Å²) in [5.74, 6) is -0.260. The van der Waals surface area contributed by atoms with E-state index < -0.39 is 0 Å². The van der Waals surface area contributed by atoms with E-state index >= 15 is 0 Å². The van der Waals surface area contributed by atoms with Gasteiger partial charge >= 0.3 is 0 Å². The molecule has 0 radical (unpaired) electrons. The number of nitrogens with zero attached hydrogens (tertiary/aromatic N) is 1. The van der Waals surface area contributed by atoms with Crippen molar-refractivity contribution in [3.8, 4) is 0 Å². The molecule has 3 aromatic rings. The lowest BCUT2D eigenvalue weighted by Crippen LogP contribution is -3.17. The second kappa shape index (κ2) is 7.87. The average Bonchev–Trinajstić information content (AvgIpc) is 3.06. The van der Waals surface area contributed by atoms with Gasteiger partial charge in [-0.15, -0.1) is 0 Å². The molecular weight excluding hydrogens is 364 g/mol. The predicted molar refractivity (Wildman–Crippen MR) is 116 cm³/mol. The summed E-state index contributed by atoms with van der Waals surface area (Å²) in [7, 11) is 0. The highest BCUT2D eigenvalue weighted by Gasteiger charge is 2.32. The summed E-state index contributed by atoms with van der Waals surface area (Å²) in [6.45, 7) is 6.60. The third-order valence-corrected chi connectivity index (χ3v) is 6.39. The van der Waals surface area contributed by atoms with Gasteiger partial charge in [0.1, 0.15) is 0 Å². The molecule has 29 heavy (non-hydrogen) atoms. The van der Waals surface area contributed by atoms with Crippen LogP contribution in [-0.2, 0) is 16.1 Å². The molecule has 4 rings (SSSR count). The fourth-order valence-corrected chi connectivity index (χ4v) is 4.61. The summed E-state index contributed by atoms with van der Waals surface area (Å²) in [4.78, 5) is 25.4. The van der Waals surface area contributed by atoms with E-state index in [1.54, 1.807) is 0 Å². The number of nitrogens with one attached hydrogen (secondary N) is 2. The van der Waals surface area contributed by atoms with Crippen molar-refractivity contribution < 1.29 is 14.5 Å². The van der Waals surface area contributed by atoms with Gasteiger partial charge in [0.05, 0.1) is 13.1 Å². The van der Waals surface area contributed by atoms with Crippen molar-refractivity contribution >= 4 is 39.3 Å². The molecular formula is C23H29N4O2+. The monoisotopic (exact) mass is 393 g/mol. The van der Waals surface area contributed by atoms with Crippen LogP contribution in [0.4, 0.5) is 5.69 Å². The Morgan fingerprint density at radius 2 is 1.83 bits per heavy atom. The standard InChI is InChI=1S/C23H28N4O2/c1-3-27-20-7-5-4-6-18(20)19-14-17(8-9-21(19)27)25-23(29)15(2)26-12-10-16(11-13-26)22(24)28/h4-9,14-16H,3,10-13H2,1-2H3,(H2,24,28)(H,25,29)/p+1/t15-/m1/s1. The highest BCUT2D eigenvalue weighted by molar-refractivity contribution is 6.09. The molecule has 1 atom stereocenters. The molecule has 0 bridgehead atoms. The summed E-state index contributed by atoms with van der Waals surface area (Å²) in [5, 5.41) is 5.45. The number of aromatic nitrogens is 1. The van der Waals surface area contributed by atoms with E-state index in [-0.39, 0.29) is 23.8 Å². The molecule has 1 aliphatic heterocycles. The van der Waals surface area contributed by atoms with Gasteiger partial charge in [-0.05, 0) is 38.1 Å². The molecule has 1 saturated heterocycles. The summed E-state index contributed by atoms with van der Waals surface area (Å²) in [5.41, 5.74) is 8.63. The Balaban J connectivity index is 1.53. The summed E-state index contributed by atoms with van der Waals surface area (Å²) < 4.78 is 2.30. The molecule has 0 unspecified atom stereocenters. The number of hydrogen-bond acceptors (Lipinski definition) is 2. The number of rotatable bonds is 5. The fraction of sp³-hybridized carbons (Fsp3) is 0.391. The lowest BCUT2D eigenvalue weighted by molar-refractivity contribution is -0.919. The zero-order valence-corrected chi connectivity index (χ0v) is 17.1. The number of para-hydroxylation sites is 1. The zero-order valence-electron chi connectivity index (χ0n) is 17.1. The Labute approximate surface area is 170 Å². The number of aryl methyl sites for hydroxylation is 1. The van der Waals surface area contributed by atoms with Crippen LogP contribution in [0.3, 0.4) is 0 Å². The molecule has 0 saturated carbocycles. The van der Waals surface area contributed by atoms with E-state index in [0.29, 0.717) is 0 Å². The van der Waals surface area contributed by atoms with Crippen LogP contribution in [0, 0.1) is 5.92 Å². The number of fused-ring (bicyclic) bond motifs is 3. The lowest BCUT2D eigenvalue weighted by Gasteiger charge is -2.31. The minimum Gasteiger partial charge on any atom is -0.369 e. The van der Waals surface area contributed by atoms with Crippen LogP contribution in [0.15, 0.2) is 42.5 Å². The van der Waals surface area contributed by atoms with Gasteiger partial charge in [0, 0.05) is 52.8 Å². The normalized spacial score (nSPS) is 20.6. The van der Waals surface area contributed by atoms with Gasteiger partial charge in [-0.3, -0.25) is 9.59 Å². The molecule has 4 N–H and O–H groups in total. The summed E-state index contributed by atoms with van der Waals surface area (Å²) in [6.07, 6.45) is 1.51. The number of hydrogen-bond donors (Lipinski definition) is 3. The third-order valence-electron chi connectivity index (χ3n) is 6.39. The molecule has 2 heterocycles. The number of quaternary nitrogens is 1. The first-order valence-electron chi connectivity index (χ1n) is 10.4. The average molecular weight is 394 g/mol. The van der Waals surface area contributed by atoms with Crippen molar-refractivity contribution in [1.29, 1.82) is 0 Å². The van der Waals surface area contributed by atoms with Gasteiger partial charge in [0.2, 0.25) is 5.91 Å². The molecule has 0 spiro atoms. The quantitative estimate of drug-likeness (QED) is 0.619. The first kappa shape index (κ1) is 19.5. The predicted octanol–water partition coefficient (Wildman–Crippen LogP) is 1.92.